The fourth-order valence-corrected chi connectivity index (χ4v) is 2.59. The number of guanidine groups is 1. The summed E-state index contributed by atoms with van der Waals surface area (Å²) < 4.78 is 1.90. The summed E-state index contributed by atoms with van der Waals surface area (Å²) in [5.41, 5.74) is 11.8. The third-order valence-electron chi connectivity index (χ3n) is 4.11. The van der Waals surface area contributed by atoms with Crippen molar-refractivity contribution in [3.63, 3.8) is 0 Å². The Labute approximate surface area is 171 Å². The second-order valence-corrected chi connectivity index (χ2v) is 6.15. The molecule has 136 valence electrons. The lowest BCUT2D eigenvalue weighted by atomic mass is 10.1. The summed E-state index contributed by atoms with van der Waals surface area (Å²) in [6.07, 6.45) is 3.74. The largest absolute Gasteiger partial charge is 0.370 e. The molecule has 0 bridgehead atoms. The molecule has 0 saturated carbocycles. The molecule has 0 atom stereocenters. The fraction of sp³-hybridized carbons (Fsp3) is 0.200. The van der Waals surface area contributed by atoms with Gasteiger partial charge in [-0.1, -0.05) is 30.3 Å². The molecule has 0 saturated heterocycles. The van der Waals surface area contributed by atoms with Gasteiger partial charge in [-0.05, 0) is 54.3 Å². The molecule has 0 aliphatic rings. The van der Waals surface area contributed by atoms with Crippen LogP contribution in [-0.2, 0) is 13.1 Å². The van der Waals surface area contributed by atoms with E-state index in [9.17, 15) is 0 Å². The number of rotatable bonds is 5. The van der Waals surface area contributed by atoms with Gasteiger partial charge < -0.3 is 11.1 Å². The van der Waals surface area contributed by atoms with Crippen LogP contribution in [0.1, 0.15) is 22.3 Å². The number of hydrogen-bond acceptors (Lipinski definition) is 2. The van der Waals surface area contributed by atoms with Crippen molar-refractivity contribution in [1.82, 2.24) is 9.78 Å². The van der Waals surface area contributed by atoms with E-state index in [4.69, 9.17) is 5.73 Å². The molecule has 5 nitrogen and oxygen atoms in total. The van der Waals surface area contributed by atoms with Crippen molar-refractivity contribution in [2.24, 2.45) is 10.7 Å². The third-order valence-corrected chi connectivity index (χ3v) is 4.11. The predicted molar refractivity (Wildman–Crippen MR) is 118 cm³/mol. The minimum atomic E-state index is 0. The van der Waals surface area contributed by atoms with Crippen LogP contribution in [0, 0.1) is 13.8 Å². The first-order chi connectivity index (χ1) is 12.1. The van der Waals surface area contributed by atoms with Crippen molar-refractivity contribution < 1.29 is 0 Å². The number of aryl methyl sites for hydroxylation is 2. The van der Waals surface area contributed by atoms with E-state index in [0.29, 0.717) is 12.5 Å². The van der Waals surface area contributed by atoms with E-state index in [-0.39, 0.29) is 24.0 Å². The molecular formula is C20H24IN5. The topological polar surface area (TPSA) is 68.2 Å². The maximum absolute atomic E-state index is 6.01. The van der Waals surface area contributed by atoms with Crippen molar-refractivity contribution in [3.05, 3.63) is 83.2 Å². The lowest BCUT2D eigenvalue weighted by Crippen LogP contribution is -2.22. The first kappa shape index (κ1) is 20.0. The van der Waals surface area contributed by atoms with Gasteiger partial charge in [0.1, 0.15) is 0 Å². The van der Waals surface area contributed by atoms with Crippen molar-refractivity contribution >= 4 is 35.6 Å². The predicted octanol–water partition coefficient (Wildman–Crippen LogP) is 4.09. The number of halogens is 1. The second kappa shape index (κ2) is 9.38. The molecule has 0 spiro atoms. The van der Waals surface area contributed by atoms with Crippen LogP contribution in [0.2, 0.25) is 0 Å². The molecule has 0 fully saturated rings. The zero-order chi connectivity index (χ0) is 17.6. The van der Waals surface area contributed by atoms with Crippen molar-refractivity contribution in [1.29, 1.82) is 0 Å². The number of nitrogens with one attached hydrogen (secondary N) is 1. The molecule has 0 aliphatic heterocycles. The van der Waals surface area contributed by atoms with Gasteiger partial charge in [0.2, 0.25) is 0 Å². The summed E-state index contributed by atoms with van der Waals surface area (Å²) in [7, 11) is 0. The molecule has 0 aliphatic carbocycles. The molecule has 3 aromatic rings. The Bertz CT molecular complexity index is 872. The normalized spacial score (nSPS) is 11.1. The van der Waals surface area contributed by atoms with Gasteiger partial charge in [-0.15, -0.1) is 24.0 Å². The Kier molecular flexibility index (Phi) is 7.20. The number of anilines is 1. The Balaban J connectivity index is 0.00000243. The van der Waals surface area contributed by atoms with Gasteiger partial charge >= 0.3 is 0 Å². The summed E-state index contributed by atoms with van der Waals surface area (Å²) in [6, 6.07) is 16.4. The molecule has 3 N–H and O–H groups in total. The number of benzene rings is 2. The first-order valence-corrected chi connectivity index (χ1v) is 8.29. The molecule has 6 heteroatoms. The minimum absolute atomic E-state index is 0. The molecule has 1 aromatic heterocycles. The maximum Gasteiger partial charge on any atom is 0.193 e. The van der Waals surface area contributed by atoms with E-state index in [1.54, 1.807) is 6.20 Å². The van der Waals surface area contributed by atoms with Crippen LogP contribution in [0.4, 0.5) is 5.69 Å². The first-order valence-electron chi connectivity index (χ1n) is 8.29. The highest BCUT2D eigenvalue weighted by atomic mass is 127. The molecule has 2 aromatic carbocycles. The van der Waals surface area contributed by atoms with Crippen LogP contribution in [0.5, 0.6) is 0 Å². The molecule has 26 heavy (non-hydrogen) atoms. The average Bonchev–Trinajstić information content (AvgIpc) is 3.10. The zero-order valence-corrected chi connectivity index (χ0v) is 17.3. The molecule has 3 rings (SSSR count). The summed E-state index contributed by atoms with van der Waals surface area (Å²) in [6.45, 7) is 5.46. The number of aliphatic imine (C=N–C) groups is 1. The van der Waals surface area contributed by atoms with Gasteiger partial charge in [-0.25, -0.2) is 4.99 Å². The molecule has 0 amide bonds. The van der Waals surface area contributed by atoms with Crippen LogP contribution in [-0.4, -0.2) is 15.7 Å². The van der Waals surface area contributed by atoms with Crippen LogP contribution >= 0.6 is 24.0 Å². The van der Waals surface area contributed by atoms with Crippen LogP contribution in [0.25, 0.3) is 0 Å². The Morgan fingerprint density at radius 3 is 2.62 bits per heavy atom. The quantitative estimate of drug-likeness (QED) is 0.342. The zero-order valence-electron chi connectivity index (χ0n) is 15.0. The van der Waals surface area contributed by atoms with Gasteiger partial charge in [0.15, 0.2) is 5.96 Å². The molecule has 1 heterocycles. The van der Waals surface area contributed by atoms with Crippen molar-refractivity contribution in [2.45, 2.75) is 26.9 Å². The Morgan fingerprint density at radius 1 is 1.08 bits per heavy atom. The van der Waals surface area contributed by atoms with E-state index in [1.165, 1.54) is 16.7 Å². The number of nitrogens with zero attached hydrogens (tertiary/aromatic N) is 3. The summed E-state index contributed by atoms with van der Waals surface area (Å²) in [5, 5.41) is 7.38. The van der Waals surface area contributed by atoms with Gasteiger partial charge in [-0.2, -0.15) is 5.10 Å². The fourth-order valence-electron chi connectivity index (χ4n) is 2.59. The summed E-state index contributed by atoms with van der Waals surface area (Å²) in [5.74, 6) is 0.417. The lowest BCUT2D eigenvalue weighted by molar-refractivity contribution is 0.686. The SMILES string of the molecule is Cc1ccc(NC(N)=NCc2cccc(Cn3cccn3)c2)cc1C.I. The maximum atomic E-state index is 6.01. The molecule has 0 radical (unpaired) electrons. The highest BCUT2D eigenvalue weighted by Gasteiger charge is 2.00. The minimum Gasteiger partial charge on any atom is -0.370 e. The van der Waals surface area contributed by atoms with Crippen LogP contribution in [0.15, 0.2) is 65.9 Å². The second-order valence-electron chi connectivity index (χ2n) is 6.15. The van der Waals surface area contributed by atoms with Gasteiger partial charge in [0.05, 0.1) is 13.1 Å². The van der Waals surface area contributed by atoms with Gasteiger partial charge in [0, 0.05) is 18.1 Å². The van der Waals surface area contributed by atoms with Crippen LogP contribution in [0.3, 0.4) is 0 Å². The number of aromatic nitrogens is 2. The van der Waals surface area contributed by atoms with E-state index < -0.39 is 0 Å². The van der Waals surface area contributed by atoms with E-state index in [0.717, 1.165) is 17.8 Å². The van der Waals surface area contributed by atoms with Gasteiger partial charge in [0.25, 0.3) is 0 Å². The highest BCUT2D eigenvalue weighted by molar-refractivity contribution is 14.0. The average molecular weight is 461 g/mol. The highest BCUT2D eigenvalue weighted by Crippen LogP contribution is 2.14. The molecular weight excluding hydrogens is 437 g/mol. The summed E-state index contributed by atoms with van der Waals surface area (Å²) >= 11 is 0. The van der Waals surface area contributed by atoms with E-state index in [1.807, 2.05) is 29.1 Å². The van der Waals surface area contributed by atoms with E-state index in [2.05, 4.69) is 59.6 Å². The monoisotopic (exact) mass is 461 g/mol. The molecule has 0 unspecified atom stereocenters. The Morgan fingerprint density at radius 2 is 1.88 bits per heavy atom. The van der Waals surface area contributed by atoms with Crippen molar-refractivity contribution in [3.8, 4) is 0 Å². The number of nitrogens with two attached hydrogens (primary N) is 1. The van der Waals surface area contributed by atoms with Crippen LogP contribution < -0.4 is 11.1 Å². The van der Waals surface area contributed by atoms with E-state index >= 15 is 0 Å². The van der Waals surface area contributed by atoms with Gasteiger partial charge in [-0.3, -0.25) is 4.68 Å². The Hall–Kier alpha value is -2.35. The van der Waals surface area contributed by atoms with Crippen molar-refractivity contribution in [2.75, 3.05) is 5.32 Å². The summed E-state index contributed by atoms with van der Waals surface area (Å²) in [4.78, 5) is 4.44. The number of hydrogen-bond donors (Lipinski definition) is 2. The third kappa shape index (κ3) is 5.59. The standard InChI is InChI=1S/C20H23N5.HI/c1-15-7-8-19(11-16(15)2)24-20(21)22-13-17-5-3-6-18(12-17)14-25-10-4-9-23-25;/h3-12H,13-14H2,1-2H3,(H3,21,22,24);1H. The lowest BCUT2D eigenvalue weighted by Gasteiger charge is -2.08. The smallest absolute Gasteiger partial charge is 0.193 e.